The van der Waals surface area contributed by atoms with Crippen LogP contribution in [0.2, 0.25) is 0 Å². The van der Waals surface area contributed by atoms with Gasteiger partial charge >= 0.3 is 0 Å². The molecule has 1 N–H and O–H groups in total. The van der Waals surface area contributed by atoms with Crippen molar-refractivity contribution >= 4 is 0 Å². The highest BCUT2D eigenvalue weighted by molar-refractivity contribution is 5.55. The minimum absolute atomic E-state index is 0.299. The van der Waals surface area contributed by atoms with E-state index in [0.717, 1.165) is 17.7 Å². The predicted octanol–water partition coefficient (Wildman–Crippen LogP) is 2.06. The number of likely N-dealkylation sites (N-methyl/N-ethyl adjacent to an activating group) is 1. The number of nitrogens with one attached hydrogen (secondary N) is 1. The Labute approximate surface area is 145 Å². The molecule has 1 aromatic carbocycles. The van der Waals surface area contributed by atoms with Crippen molar-refractivity contribution in [2.45, 2.75) is 32.2 Å². The van der Waals surface area contributed by atoms with Gasteiger partial charge in [0.15, 0.2) is 5.82 Å². The second-order valence-electron chi connectivity index (χ2n) is 5.74. The summed E-state index contributed by atoms with van der Waals surface area (Å²) >= 11 is 0. The molecule has 0 aliphatic rings. The zero-order chi connectivity index (χ0) is 17.6. The van der Waals surface area contributed by atoms with E-state index >= 15 is 0 Å². The van der Waals surface area contributed by atoms with Crippen molar-refractivity contribution in [2.24, 2.45) is 0 Å². The fourth-order valence-corrected chi connectivity index (χ4v) is 2.28. The van der Waals surface area contributed by atoms with Gasteiger partial charge in [0.1, 0.15) is 5.75 Å². The highest BCUT2D eigenvalue weighted by Gasteiger charge is 2.13. The third kappa shape index (κ3) is 4.42. The number of aromatic nitrogens is 4. The van der Waals surface area contributed by atoms with Gasteiger partial charge in [0.2, 0.25) is 17.6 Å². The lowest BCUT2D eigenvalue weighted by Crippen LogP contribution is -2.24. The summed E-state index contributed by atoms with van der Waals surface area (Å²) in [5.74, 6) is 3.14. The van der Waals surface area contributed by atoms with Gasteiger partial charge in [-0.2, -0.15) is 9.97 Å². The van der Waals surface area contributed by atoms with Crippen LogP contribution in [-0.4, -0.2) is 40.5 Å². The number of hydrogen-bond acceptors (Lipinski definition) is 8. The molecule has 132 valence electrons. The Bertz CT molecular complexity index is 797. The molecular formula is C17H21N5O3. The van der Waals surface area contributed by atoms with Crippen molar-refractivity contribution in [3.05, 3.63) is 41.9 Å². The fourth-order valence-electron chi connectivity index (χ4n) is 2.28. The third-order valence-corrected chi connectivity index (χ3v) is 3.86. The Morgan fingerprint density at radius 2 is 1.72 bits per heavy atom. The van der Waals surface area contributed by atoms with Gasteiger partial charge in [0.05, 0.1) is 7.11 Å². The monoisotopic (exact) mass is 343 g/mol. The standard InChI is InChI=1S/C17H21N5O3/c1-11(18-2)10-14-19-15(24-21-14)8-9-16-20-17(22-25-16)12-4-6-13(23-3)7-5-12/h4-7,11,18H,8-10H2,1-3H3. The molecule has 1 atom stereocenters. The van der Waals surface area contributed by atoms with E-state index in [1.54, 1.807) is 7.11 Å². The molecule has 0 saturated carbocycles. The Hall–Kier alpha value is -2.74. The molecule has 2 heterocycles. The Balaban J connectivity index is 1.58. The van der Waals surface area contributed by atoms with Gasteiger partial charge in [-0.25, -0.2) is 0 Å². The van der Waals surface area contributed by atoms with E-state index in [-0.39, 0.29) is 0 Å². The zero-order valence-corrected chi connectivity index (χ0v) is 14.5. The van der Waals surface area contributed by atoms with E-state index < -0.39 is 0 Å². The summed E-state index contributed by atoms with van der Waals surface area (Å²) in [4.78, 5) is 8.78. The molecule has 0 amide bonds. The van der Waals surface area contributed by atoms with Crippen molar-refractivity contribution in [3.8, 4) is 17.1 Å². The molecule has 3 aromatic rings. The summed E-state index contributed by atoms with van der Waals surface area (Å²) < 4.78 is 15.7. The summed E-state index contributed by atoms with van der Waals surface area (Å²) in [6.07, 6.45) is 1.83. The Morgan fingerprint density at radius 3 is 2.40 bits per heavy atom. The van der Waals surface area contributed by atoms with Crippen LogP contribution < -0.4 is 10.1 Å². The second-order valence-corrected chi connectivity index (χ2v) is 5.74. The molecule has 0 aliphatic carbocycles. The quantitative estimate of drug-likeness (QED) is 0.663. The van der Waals surface area contributed by atoms with Gasteiger partial charge in [0, 0.05) is 30.9 Å². The predicted molar refractivity (Wildman–Crippen MR) is 90.2 cm³/mol. The number of rotatable bonds is 8. The summed E-state index contributed by atoms with van der Waals surface area (Å²) in [5, 5.41) is 11.1. The molecule has 25 heavy (non-hydrogen) atoms. The Kier molecular flexibility index (Phi) is 5.39. The van der Waals surface area contributed by atoms with E-state index in [1.165, 1.54) is 0 Å². The van der Waals surface area contributed by atoms with E-state index in [2.05, 4.69) is 32.5 Å². The molecule has 0 fully saturated rings. The van der Waals surface area contributed by atoms with Gasteiger partial charge < -0.3 is 19.1 Å². The first-order valence-corrected chi connectivity index (χ1v) is 8.13. The first-order valence-electron chi connectivity index (χ1n) is 8.13. The van der Waals surface area contributed by atoms with Crippen LogP contribution in [0.5, 0.6) is 5.75 Å². The average Bonchev–Trinajstić information content (AvgIpc) is 3.29. The van der Waals surface area contributed by atoms with Crippen LogP contribution in [0.1, 0.15) is 24.5 Å². The molecule has 0 saturated heterocycles. The van der Waals surface area contributed by atoms with Crippen molar-refractivity contribution in [1.29, 1.82) is 0 Å². The molecular weight excluding hydrogens is 322 g/mol. The lowest BCUT2D eigenvalue weighted by Gasteiger charge is -2.04. The molecule has 1 unspecified atom stereocenters. The number of aryl methyl sites for hydroxylation is 2. The van der Waals surface area contributed by atoms with Gasteiger partial charge in [-0.15, -0.1) is 0 Å². The lowest BCUT2D eigenvalue weighted by molar-refractivity contribution is 0.351. The van der Waals surface area contributed by atoms with E-state index in [1.807, 2.05) is 31.3 Å². The molecule has 0 spiro atoms. The van der Waals surface area contributed by atoms with Crippen LogP contribution in [0.25, 0.3) is 11.4 Å². The van der Waals surface area contributed by atoms with Crippen LogP contribution in [0, 0.1) is 0 Å². The summed E-state index contributed by atoms with van der Waals surface area (Å²) in [6, 6.07) is 7.80. The van der Waals surface area contributed by atoms with Gasteiger partial charge in [-0.05, 0) is 38.2 Å². The number of nitrogens with zero attached hydrogens (tertiary/aromatic N) is 4. The molecule has 3 rings (SSSR count). The molecule has 0 bridgehead atoms. The van der Waals surface area contributed by atoms with E-state index in [9.17, 15) is 0 Å². The molecule has 2 aromatic heterocycles. The SMILES string of the molecule is CNC(C)Cc1noc(CCc2nc(-c3ccc(OC)cc3)no2)n1. The molecule has 8 heteroatoms. The van der Waals surface area contributed by atoms with Gasteiger partial charge in [0.25, 0.3) is 0 Å². The first kappa shape index (κ1) is 17.1. The highest BCUT2D eigenvalue weighted by Crippen LogP contribution is 2.20. The highest BCUT2D eigenvalue weighted by atomic mass is 16.5. The minimum atomic E-state index is 0.299. The van der Waals surface area contributed by atoms with Crippen LogP contribution in [0.15, 0.2) is 33.3 Å². The maximum Gasteiger partial charge on any atom is 0.227 e. The van der Waals surface area contributed by atoms with Gasteiger partial charge in [-0.1, -0.05) is 10.3 Å². The second kappa shape index (κ2) is 7.89. The summed E-state index contributed by atoms with van der Waals surface area (Å²) in [6.45, 7) is 2.06. The number of methoxy groups -OCH3 is 1. The number of benzene rings is 1. The van der Waals surface area contributed by atoms with Crippen molar-refractivity contribution in [3.63, 3.8) is 0 Å². The van der Waals surface area contributed by atoms with E-state index in [4.69, 9.17) is 13.8 Å². The normalized spacial score (nSPS) is 12.3. The van der Waals surface area contributed by atoms with Crippen LogP contribution in [-0.2, 0) is 19.3 Å². The van der Waals surface area contributed by atoms with Crippen LogP contribution in [0.4, 0.5) is 0 Å². The summed E-state index contributed by atoms with van der Waals surface area (Å²) in [7, 11) is 3.53. The minimum Gasteiger partial charge on any atom is -0.497 e. The first-order chi connectivity index (χ1) is 12.2. The Morgan fingerprint density at radius 1 is 1.04 bits per heavy atom. The largest absolute Gasteiger partial charge is 0.497 e. The van der Waals surface area contributed by atoms with Crippen molar-refractivity contribution in [1.82, 2.24) is 25.6 Å². The summed E-state index contributed by atoms with van der Waals surface area (Å²) in [5.41, 5.74) is 0.872. The van der Waals surface area contributed by atoms with Crippen molar-refractivity contribution < 1.29 is 13.8 Å². The molecule has 0 aliphatic heterocycles. The maximum atomic E-state index is 5.29. The van der Waals surface area contributed by atoms with Crippen LogP contribution in [0.3, 0.4) is 0 Å². The maximum absolute atomic E-state index is 5.29. The third-order valence-electron chi connectivity index (χ3n) is 3.86. The van der Waals surface area contributed by atoms with Crippen molar-refractivity contribution in [2.75, 3.05) is 14.2 Å². The van der Waals surface area contributed by atoms with E-state index in [0.29, 0.717) is 42.3 Å². The molecule has 8 nitrogen and oxygen atoms in total. The van der Waals surface area contributed by atoms with Gasteiger partial charge in [-0.3, -0.25) is 0 Å². The smallest absolute Gasteiger partial charge is 0.227 e. The molecule has 0 radical (unpaired) electrons. The topological polar surface area (TPSA) is 99.1 Å². The fraction of sp³-hybridized carbons (Fsp3) is 0.412. The number of ether oxygens (including phenoxy) is 1. The zero-order valence-electron chi connectivity index (χ0n) is 14.5. The average molecular weight is 343 g/mol. The van der Waals surface area contributed by atoms with Crippen LogP contribution >= 0.6 is 0 Å². The lowest BCUT2D eigenvalue weighted by atomic mass is 10.2. The number of hydrogen-bond donors (Lipinski definition) is 1.